The van der Waals surface area contributed by atoms with Gasteiger partial charge in [-0.15, -0.1) is 0 Å². The number of likely N-dealkylation sites (tertiary alicyclic amines) is 1. The second-order valence-electron chi connectivity index (χ2n) is 6.80. The third kappa shape index (κ3) is 3.01. The van der Waals surface area contributed by atoms with Gasteiger partial charge < -0.3 is 9.42 Å². The number of hydrogen-bond acceptors (Lipinski definition) is 4. The molecule has 0 N–H and O–H groups in total. The summed E-state index contributed by atoms with van der Waals surface area (Å²) in [6.07, 6.45) is 1.78. The van der Waals surface area contributed by atoms with E-state index in [4.69, 9.17) is 4.52 Å². The molecule has 4 rings (SSSR count). The zero-order valence-electron chi connectivity index (χ0n) is 15.0. The second kappa shape index (κ2) is 6.75. The Labute approximate surface area is 152 Å². The zero-order chi connectivity index (χ0) is 18.1. The molecule has 0 unspecified atom stereocenters. The molecule has 132 valence electrons. The number of rotatable bonds is 3. The molecular weight excluding hydrogens is 326 g/mol. The van der Waals surface area contributed by atoms with E-state index in [0.717, 1.165) is 29.5 Å². The Bertz CT molecular complexity index is 948. The maximum Gasteiger partial charge on any atom is 0.254 e. The first-order valence-electron chi connectivity index (χ1n) is 8.91. The summed E-state index contributed by atoms with van der Waals surface area (Å²) < 4.78 is 5.54. The Kier molecular flexibility index (Phi) is 4.29. The first kappa shape index (κ1) is 16.5. The van der Waals surface area contributed by atoms with Crippen LogP contribution in [0.5, 0.6) is 0 Å². The maximum atomic E-state index is 12.9. The first-order valence-corrected chi connectivity index (χ1v) is 8.91. The Morgan fingerprint density at radius 3 is 2.81 bits per heavy atom. The molecule has 0 saturated carbocycles. The normalized spacial score (nSPS) is 16.8. The predicted octanol–water partition coefficient (Wildman–Crippen LogP) is 4.33. The van der Waals surface area contributed by atoms with Crippen LogP contribution in [0, 0.1) is 13.8 Å². The van der Waals surface area contributed by atoms with E-state index >= 15 is 0 Å². The number of benzene rings is 2. The standard InChI is InChI=1S/C21H21N3O2/c1-14-7-5-9-16(13-14)21(25)24-12-6-11-18(24)20-22-19(23-26-20)17-10-4-3-8-15(17)2/h3-5,7-10,13,18H,6,11-12H2,1-2H3/t18-/m0/s1. The molecule has 2 aromatic carbocycles. The van der Waals surface area contributed by atoms with Crippen LogP contribution in [0.15, 0.2) is 53.1 Å². The zero-order valence-corrected chi connectivity index (χ0v) is 15.0. The van der Waals surface area contributed by atoms with Crippen LogP contribution in [0.2, 0.25) is 0 Å². The van der Waals surface area contributed by atoms with Gasteiger partial charge in [0.2, 0.25) is 11.7 Å². The lowest BCUT2D eigenvalue weighted by atomic mass is 10.1. The molecule has 5 nitrogen and oxygen atoms in total. The third-order valence-corrected chi connectivity index (χ3v) is 4.89. The highest BCUT2D eigenvalue weighted by molar-refractivity contribution is 5.94. The molecule has 1 saturated heterocycles. The Hall–Kier alpha value is -2.95. The number of carbonyl (C=O) groups is 1. The summed E-state index contributed by atoms with van der Waals surface area (Å²) in [6.45, 7) is 4.72. The van der Waals surface area contributed by atoms with Gasteiger partial charge in [0, 0.05) is 17.7 Å². The highest BCUT2D eigenvalue weighted by atomic mass is 16.5. The van der Waals surface area contributed by atoms with Crippen molar-refractivity contribution >= 4 is 5.91 Å². The van der Waals surface area contributed by atoms with E-state index in [0.29, 0.717) is 23.8 Å². The molecule has 0 aliphatic carbocycles. The van der Waals surface area contributed by atoms with Crippen molar-refractivity contribution < 1.29 is 9.32 Å². The van der Waals surface area contributed by atoms with Crippen molar-refractivity contribution in [3.8, 4) is 11.4 Å². The van der Waals surface area contributed by atoms with Gasteiger partial charge in [-0.2, -0.15) is 4.98 Å². The summed E-state index contributed by atoms with van der Waals surface area (Å²) in [7, 11) is 0. The van der Waals surface area contributed by atoms with Crippen LogP contribution in [0.4, 0.5) is 0 Å². The van der Waals surface area contributed by atoms with Crippen LogP contribution in [0.3, 0.4) is 0 Å². The van der Waals surface area contributed by atoms with Crippen LogP contribution in [0.1, 0.15) is 46.3 Å². The third-order valence-electron chi connectivity index (χ3n) is 4.89. The molecule has 1 aliphatic heterocycles. The lowest BCUT2D eigenvalue weighted by Crippen LogP contribution is -2.30. The minimum Gasteiger partial charge on any atom is -0.337 e. The van der Waals surface area contributed by atoms with E-state index in [1.165, 1.54) is 0 Å². The summed E-state index contributed by atoms with van der Waals surface area (Å²) in [6, 6.07) is 15.5. The van der Waals surface area contributed by atoms with Gasteiger partial charge in [-0.1, -0.05) is 47.1 Å². The fraction of sp³-hybridized carbons (Fsp3) is 0.286. The van der Waals surface area contributed by atoms with Crippen molar-refractivity contribution in [2.45, 2.75) is 32.7 Å². The van der Waals surface area contributed by atoms with Crippen LogP contribution >= 0.6 is 0 Å². The minimum atomic E-state index is -0.159. The molecule has 0 bridgehead atoms. The summed E-state index contributed by atoms with van der Waals surface area (Å²) in [5.74, 6) is 1.11. The monoisotopic (exact) mass is 347 g/mol. The smallest absolute Gasteiger partial charge is 0.254 e. The van der Waals surface area contributed by atoms with Crippen LogP contribution < -0.4 is 0 Å². The van der Waals surface area contributed by atoms with Gasteiger partial charge >= 0.3 is 0 Å². The summed E-state index contributed by atoms with van der Waals surface area (Å²) in [4.78, 5) is 19.4. The van der Waals surface area contributed by atoms with Crippen LogP contribution in [-0.2, 0) is 0 Å². The van der Waals surface area contributed by atoms with E-state index < -0.39 is 0 Å². The molecule has 0 radical (unpaired) electrons. The number of aryl methyl sites for hydroxylation is 2. The lowest BCUT2D eigenvalue weighted by Gasteiger charge is -2.22. The molecular formula is C21H21N3O2. The molecule has 26 heavy (non-hydrogen) atoms. The molecule has 3 aromatic rings. The highest BCUT2D eigenvalue weighted by Gasteiger charge is 2.34. The number of nitrogens with zero attached hydrogens (tertiary/aromatic N) is 3. The minimum absolute atomic E-state index is 0.0202. The second-order valence-corrected chi connectivity index (χ2v) is 6.80. The van der Waals surface area contributed by atoms with E-state index in [2.05, 4.69) is 10.1 Å². The summed E-state index contributed by atoms with van der Waals surface area (Å²) >= 11 is 0. The van der Waals surface area contributed by atoms with Gasteiger partial charge in [0.05, 0.1) is 0 Å². The van der Waals surface area contributed by atoms with Gasteiger partial charge in [0.25, 0.3) is 5.91 Å². The molecule has 1 fully saturated rings. The Balaban J connectivity index is 1.61. The molecule has 1 atom stereocenters. The highest BCUT2D eigenvalue weighted by Crippen LogP contribution is 2.33. The fourth-order valence-electron chi connectivity index (χ4n) is 3.51. The Morgan fingerprint density at radius 1 is 1.15 bits per heavy atom. The van der Waals surface area contributed by atoms with Gasteiger partial charge in [-0.3, -0.25) is 4.79 Å². The summed E-state index contributed by atoms with van der Waals surface area (Å²) in [5.41, 5.74) is 3.83. The number of aromatic nitrogens is 2. The number of hydrogen-bond donors (Lipinski definition) is 0. The SMILES string of the molecule is Cc1cccc(C(=O)N2CCC[C@H]2c2nc(-c3ccccc3C)no2)c1. The first-order chi connectivity index (χ1) is 12.6. The molecule has 1 aromatic heterocycles. The fourth-order valence-corrected chi connectivity index (χ4v) is 3.51. The average molecular weight is 347 g/mol. The van der Waals surface area contributed by atoms with Crippen molar-refractivity contribution in [2.24, 2.45) is 0 Å². The molecule has 5 heteroatoms. The van der Waals surface area contributed by atoms with E-state index in [9.17, 15) is 4.79 Å². The van der Waals surface area contributed by atoms with Gasteiger partial charge in [-0.05, 0) is 44.4 Å². The number of amides is 1. The van der Waals surface area contributed by atoms with Crippen molar-refractivity contribution in [3.63, 3.8) is 0 Å². The van der Waals surface area contributed by atoms with Crippen molar-refractivity contribution in [2.75, 3.05) is 6.54 Å². The average Bonchev–Trinajstić information content (AvgIpc) is 3.30. The van der Waals surface area contributed by atoms with Crippen LogP contribution in [0.25, 0.3) is 11.4 Å². The lowest BCUT2D eigenvalue weighted by molar-refractivity contribution is 0.0710. The molecule has 1 aliphatic rings. The Morgan fingerprint density at radius 2 is 2.00 bits per heavy atom. The molecule has 1 amide bonds. The maximum absolute atomic E-state index is 12.9. The largest absolute Gasteiger partial charge is 0.337 e. The van der Waals surface area contributed by atoms with E-state index in [1.54, 1.807) is 0 Å². The predicted molar refractivity (Wildman–Crippen MR) is 98.7 cm³/mol. The number of carbonyl (C=O) groups excluding carboxylic acids is 1. The topological polar surface area (TPSA) is 59.2 Å². The quantitative estimate of drug-likeness (QED) is 0.707. The van der Waals surface area contributed by atoms with Gasteiger partial charge in [0.15, 0.2) is 0 Å². The van der Waals surface area contributed by atoms with E-state index in [1.807, 2.05) is 67.3 Å². The van der Waals surface area contributed by atoms with Crippen molar-refractivity contribution in [1.82, 2.24) is 15.0 Å². The van der Waals surface area contributed by atoms with Crippen LogP contribution in [-0.4, -0.2) is 27.5 Å². The van der Waals surface area contributed by atoms with E-state index in [-0.39, 0.29) is 11.9 Å². The molecule has 0 spiro atoms. The van der Waals surface area contributed by atoms with Crippen molar-refractivity contribution in [1.29, 1.82) is 0 Å². The molecule has 2 heterocycles. The van der Waals surface area contributed by atoms with Gasteiger partial charge in [0.1, 0.15) is 6.04 Å². The summed E-state index contributed by atoms with van der Waals surface area (Å²) in [5, 5.41) is 4.15. The van der Waals surface area contributed by atoms with Crippen molar-refractivity contribution in [3.05, 3.63) is 71.1 Å². The van der Waals surface area contributed by atoms with Gasteiger partial charge in [-0.25, -0.2) is 0 Å².